The first-order valence-corrected chi connectivity index (χ1v) is 4.03. The summed E-state index contributed by atoms with van der Waals surface area (Å²) in [6.07, 6.45) is -0.462. The maximum atomic E-state index is 9.25. The third-order valence-electron chi connectivity index (χ3n) is 2.03. The zero-order valence-electron chi connectivity index (χ0n) is 7.41. The van der Waals surface area contributed by atoms with Crippen LogP contribution in [0.1, 0.15) is 29.7 Å². The minimum atomic E-state index is -0.462. The Hall–Kier alpha value is -0.860. The van der Waals surface area contributed by atoms with Gasteiger partial charge in [-0.05, 0) is 30.5 Å². The van der Waals surface area contributed by atoms with Gasteiger partial charge in [0.25, 0.3) is 0 Å². The maximum Gasteiger partial charge on any atom is 0.0762 e. The van der Waals surface area contributed by atoms with E-state index in [0.717, 1.165) is 16.7 Å². The molecule has 0 bridgehead atoms. The van der Waals surface area contributed by atoms with Gasteiger partial charge in [-0.1, -0.05) is 18.2 Å². The number of rotatable bonds is 2. The Balaban J connectivity index is 3.05. The SMILES string of the molecule is Cc1ccc([C@@H](C)O)cc1CO. The average molecular weight is 166 g/mol. The molecule has 0 amide bonds. The molecule has 2 heteroatoms. The fraction of sp³-hybridized carbons (Fsp3) is 0.400. The molecule has 0 heterocycles. The van der Waals surface area contributed by atoms with E-state index in [9.17, 15) is 5.11 Å². The molecule has 1 atom stereocenters. The second-order valence-corrected chi connectivity index (χ2v) is 3.02. The van der Waals surface area contributed by atoms with Crippen LogP contribution >= 0.6 is 0 Å². The normalized spacial score (nSPS) is 13.0. The Morgan fingerprint density at radius 2 is 2.08 bits per heavy atom. The van der Waals surface area contributed by atoms with Gasteiger partial charge in [0.1, 0.15) is 0 Å². The fourth-order valence-corrected chi connectivity index (χ4v) is 1.12. The predicted octanol–water partition coefficient (Wildman–Crippen LogP) is 1.54. The van der Waals surface area contributed by atoms with Gasteiger partial charge in [-0.2, -0.15) is 0 Å². The lowest BCUT2D eigenvalue weighted by Gasteiger charge is -2.08. The molecule has 0 aromatic heterocycles. The predicted molar refractivity (Wildman–Crippen MR) is 47.7 cm³/mol. The Bertz CT molecular complexity index is 267. The van der Waals surface area contributed by atoms with Crippen molar-refractivity contribution >= 4 is 0 Å². The van der Waals surface area contributed by atoms with Crippen molar-refractivity contribution in [1.82, 2.24) is 0 Å². The van der Waals surface area contributed by atoms with Gasteiger partial charge >= 0.3 is 0 Å². The van der Waals surface area contributed by atoms with Gasteiger partial charge in [0.05, 0.1) is 12.7 Å². The highest BCUT2D eigenvalue weighted by Gasteiger charge is 2.03. The Kier molecular flexibility index (Phi) is 2.84. The summed E-state index contributed by atoms with van der Waals surface area (Å²) >= 11 is 0. The first-order valence-electron chi connectivity index (χ1n) is 4.03. The highest BCUT2D eigenvalue weighted by atomic mass is 16.3. The molecule has 12 heavy (non-hydrogen) atoms. The van der Waals surface area contributed by atoms with Crippen molar-refractivity contribution < 1.29 is 10.2 Å². The molecule has 0 saturated heterocycles. The molecule has 0 spiro atoms. The van der Waals surface area contributed by atoms with Crippen LogP contribution in [0.2, 0.25) is 0 Å². The molecule has 2 nitrogen and oxygen atoms in total. The minimum Gasteiger partial charge on any atom is -0.392 e. The van der Waals surface area contributed by atoms with Gasteiger partial charge in [0.2, 0.25) is 0 Å². The van der Waals surface area contributed by atoms with Crippen molar-refractivity contribution in [2.24, 2.45) is 0 Å². The summed E-state index contributed by atoms with van der Waals surface area (Å²) in [5, 5.41) is 18.2. The maximum absolute atomic E-state index is 9.25. The molecule has 0 aliphatic rings. The number of aliphatic hydroxyl groups is 2. The van der Waals surface area contributed by atoms with Crippen molar-refractivity contribution in [2.75, 3.05) is 0 Å². The van der Waals surface area contributed by atoms with Crippen LogP contribution in [0.5, 0.6) is 0 Å². The van der Waals surface area contributed by atoms with Gasteiger partial charge in [-0.3, -0.25) is 0 Å². The van der Waals surface area contributed by atoms with E-state index in [-0.39, 0.29) is 6.61 Å². The summed E-state index contributed by atoms with van der Waals surface area (Å²) in [4.78, 5) is 0. The molecule has 0 aliphatic carbocycles. The lowest BCUT2D eigenvalue weighted by Crippen LogP contribution is -1.95. The third kappa shape index (κ3) is 1.84. The van der Waals surface area contributed by atoms with Gasteiger partial charge in [0.15, 0.2) is 0 Å². The number of hydrogen-bond donors (Lipinski definition) is 2. The summed E-state index contributed by atoms with van der Waals surface area (Å²) in [5.41, 5.74) is 2.79. The minimum absolute atomic E-state index is 0.0341. The number of hydrogen-bond acceptors (Lipinski definition) is 2. The smallest absolute Gasteiger partial charge is 0.0762 e. The molecule has 0 unspecified atom stereocenters. The lowest BCUT2D eigenvalue weighted by atomic mass is 10.0. The van der Waals surface area contributed by atoms with Crippen LogP contribution in [0.25, 0.3) is 0 Å². The number of benzene rings is 1. The highest BCUT2D eigenvalue weighted by Crippen LogP contribution is 2.16. The second-order valence-electron chi connectivity index (χ2n) is 3.02. The second kappa shape index (κ2) is 3.70. The van der Waals surface area contributed by atoms with E-state index < -0.39 is 6.10 Å². The largest absolute Gasteiger partial charge is 0.392 e. The van der Waals surface area contributed by atoms with Crippen LogP contribution in [0.15, 0.2) is 18.2 Å². The fourth-order valence-electron chi connectivity index (χ4n) is 1.12. The quantitative estimate of drug-likeness (QED) is 0.699. The van der Waals surface area contributed by atoms with Crippen molar-refractivity contribution in [3.8, 4) is 0 Å². The molecular formula is C10H14O2. The average Bonchev–Trinajstić information content (AvgIpc) is 2.05. The van der Waals surface area contributed by atoms with E-state index in [4.69, 9.17) is 5.11 Å². The van der Waals surface area contributed by atoms with E-state index in [1.807, 2.05) is 25.1 Å². The van der Waals surface area contributed by atoms with E-state index in [0.29, 0.717) is 0 Å². The summed E-state index contributed by atoms with van der Waals surface area (Å²) in [6.45, 7) is 3.69. The number of aryl methyl sites for hydroxylation is 1. The molecule has 1 aromatic rings. The molecule has 0 radical (unpaired) electrons. The van der Waals surface area contributed by atoms with Crippen molar-refractivity contribution in [3.63, 3.8) is 0 Å². The molecular weight excluding hydrogens is 152 g/mol. The van der Waals surface area contributed by atoms with Crippen molar-refractivity contribution in [1.29, 1.82) is 0 Å². The van der Waals surface area contributed by atoms with Crippen LogP contribution in [0.4, 0.5) is 0 Å². The van der Waals surface area contributed by atoms with E-state index in [1.165, 1.54) is 0 Å². The van der Waals surface area contributed by atoms with Crippen molar-refractivity contribution in [2.45, 2.75) is 26.6 Å². The van der Waals surface area contributed by atoms with Gasteiger partial charge in [0, 0.05) is 0 Å². The lowest BCUT2D eigenvalue weighted by molar-refractivity contribution is 0.199. The van der Waals surface area contributed by atoms with E-state index in [1.54, 1.807) is 6.92 Å². The topological polar surface area (TPSA) is 40.5 Å². The molecule has 1 rings (SSSR count). The van der Waals surface area contributed by atoms with Gasteiger partial charge < -0.3 is 10.2 Å². The molecule has 66 valence electrons. The molecule has 1 aromatic carbocycles. The van der Waals surface area contributed by atoms with E-state index >= 15 is 0 Å². The van der Waals surface area contributed by atoms with Gasteiger partial charge in [-0.15, -0.1) is 0 Å². The zero-order chi connectivity index (χ0) is 9.14. The Morgan fingerprint density at radius 1 is 1.42 bits per heavy atom. The van der Waals surface area contributed by atoms with Crippen LogP contribution in [-0.4, -0.2) is 10.2 Å². The van der Waals surface area contributed by atoms with Crippen LogP contribution in [0.3, 0.4) is 0 Å². The van der Waals surface area contributed by atoms with Crippen LogP contribution in [0, 0.1) is 6.92 Å². The number of aliphatic hydroxyl groups excluding tert-OH is 2. The monoisotopic (exact) mass is 166 g/mol. The standard InChI is InChI=1S/C10H14O2/c1-7-3-4-9(8(2)12)5-10(7)6-11/h3-5,8,11-12H,6H2,1-2H3/t8-/m1/s1. The summed E-state index contributed by atoms with van der Waals surface area (Å²) in [5.74, 6) is 0. The first-order chi connectivity index (χ1) is 5.65. The molecule has 0 saturated carbocycles. The zero-order valence-corrected chi connectivity index (χ0v) is 7.41. The van der Waals surface area contributed by atoms with E-state index in [2.05, 4.69) is 0 Å². The molecule has 0 aliphatic heterocycles. The third-order valence-corrected chi connectivity index (χ3v) is 2.03. The first kappa shape index (κ1) is 9.23. The summed E-state index contributed by atoms with van der Waals surface area (Å²) in [7, 11) is 0. The van der Waals surface area contributed by atoms with Crippen molar-refractivity contribution in [3.05, 3.63) is 34.9 Å². The summed E-state index contributed by atoms with van der Waals surface area (Å²) in [6, 6.07) is 5.62. The Morgan fingerprint density at radius 3 is 2.58 bits per heavy atom. The molecule has 2 N–H and O–H groups in total. The molecule has 0 fully saturated rings. The Labute approximate surface area is 72.5 Å². The van der Waals surface area contributed by atoms with Gasteiger partial charge in [-0.25, -0.2) is 0 Å². The summed E-state index contributed by atoms with van der Waals surface area (Å²) < 4.78 is 0. The van der Waals surface area contributed by atoms with Crippen LogP contribution in [-0.2, 0) is 6.61 Å². The highest BCUT2D eigenvalue weighted by molar-refractivity contribution is 5.31. The van der Waals surface area contributed by atoms with Crippen LogP contribution < -0.4 is 0 Å².